The Hall–Kier alpha value is -3.78. The summed E-state index contributed by atoms with van der Waals surface area (Å²) in [6.45, 7) is 1.09. The molecule has 1 aromatic heterocycles. The molecule has 1 aromatic carbocycles. The van der Waals surface area contributed by atoms with E-state index in [1.165, 1.54) is 25.4 Å². The number of nitriles is 1. The number of anilines is 2. The van der Waals surface area contributed by atoms with Crippen molar-refractivity contribution in [3.8, 4) is 6.19 Å². The SMILES string of the molecule is CN(C)c1ccncc1C(C(=O)NC1CCC(F)(F)CC1)N(C(=O)C1CC(C)(O)CN1C#N)c1ccc(S(F)(F)(F)(F)F)cc1. The summed E-state index contributed by atoms with van der Waals surface area (Å²) in [6.07, 6.45) is 2.91. The molecule has 9 nitrogen and oxygen atoms in total. The highest BCUT2D eigenvalue weighted by atomic mass is 32.5. The van der Waals surface area contributed by atoms with Gasteiger partial charge in [0.2, 0.25) is 11.8 Å². The minimum atomic E-state index is -10.1. The fourth-order valence-electron chi connectivity index (χ4n) is 5.70. The normalized spacial score (nSPS) is 24.1. The number of halogens is 7. The van der Waals surface area contributed by atoms with Gasteiger partial charge in [-0.1, -0.05) is 19.4 Å². The number of β-amino-alcohol motifs (C(OH)–C–C–N with tert-alkyl or cyclic N) is 1. The summed E-state index contributed by atoms with van der Waals surface area (Å²) in [6, 6.07) is -0.944. The number of nitrogens with zero attached hydrogens (tertiary/aromatic N) is 5. The van der Waals surface area contributed by atoms with E-state index in [9.17, 15) is 48.2 Å². The van der Waals surface area contributed by atoms with Gasteiger partial charge in [0.1, 0.15) is 17.0 Å². The number of carbonyl (C=O) groups is 2. The van der Waals surface area contributed by atoms with Crippen molar-refractivity contribution >= 4 is 33.4 Å². The van der Waals surface area contributed by atoms with E-state index in [4.69, 9.17) is 0 Å². The Morgan fingerprint density at radius 1 is 1.11 bits per heavy atom. The van der Waals surface area contributed by atoms with E-state index < -0.39 is 75.1 Å². The van der Waals surface area contributed by atoms with Gasteiger partial charge in [-0.15, -0.1) is 0 Å². The molecule has 1 aliphatic carbocycles. The van der Waals surface area contributed by atoms with E-state index in [1.807, 2.05) is 0 Å². The summed E-state index contributed by atoms with van der Waals surface area (Å²) in [4.78, 5) is 33.6. The average molecular weight is 667 g/mol. The van der Waals surface area contributed by atoms with Crippen molar-refractivity contribution in [1.29, 1.82) is 5.26 Å². The van der Waals surface area contributed by atoms with Gasteiger partial charge in [0, 0.05) is 68.7 Å². The number of nitrogens with one attached hydrogen (secondary N) is 1. The van der Waals surface area contributed by atoms with Gasteiger partial charge in [-0.3, -0.25) is 24.4 Å². The van der Waals surface area contributed by atoms with Crippen LogP contribution in [0, 0.1) is 11.5 Å². The Morgan fingerprint density at radius 3 is 2.24 bits per heavy atom. The number of carbonyl (C=O) groups excluding carboxylic acids is 2. The molecule has 2 fully saturated rings. The number of alkyl halides is 2. The number of aliphatic hydroxyl groups is 1. The van der Waals surface area contributed by atoms with Crippen molar-refractivity contribution < 1.29 is 42.9 Å². The Balaban J connectivity index is 1.89. The molecule has 0 radical (unpaired) electrons. The number of aromatic nitrogens is 1. The maximum absolute atomic E-state index is 14.3. The minimum Gasteiger partial charge on any atom is -0.388 e. The fraction of sp³-hybridized carbons (Fsp3) is 0.500. The van der Waals surface area contributed by atoms with E-state index in [0.29, 0.717) is 17.8 Å². The third kappa shape index (κ3) is 7.72. The summed E-state index contributed by atoms with van der Waals surface area (Å²) >= 11 is 0. The number of pyridine rings is 1. The van der Waals surface area contributed by atoms with Crippen molar-refractivity contribution in [3.63, 3.8) is 0 Å². The second-order valence-electron chi connectivity index (χ2n) is 12.0. The summed E-state index contributed by atoms with van der Waals surface area (Å²) < 4.78 is 95.7. The molecule has 1 saturated heterocycles. The topological polar surface area (TPSA) is 113 Å². The summed E-state index contributed by atoms with van der Waals surface area (Å²) in [7, 11) is -6.91. The number of rotatable bonds is 8. The minimum absolute atomic E-state index is 0.0690. The monoisotopic (exact) mass is 666 g/mol. The standard InChI is InChI=1S/C28H33F7N6O3S/c1-27(44)14-23(40(16-27)17-36)26(43)41(19-4-6-20(7-5-19)45(31,32,33,34)35)24(21-15-37-13-10-22(21)39(2)3)25(42)38-18-8-11-28(29,30)12-9-18/h4-7,10,13,15,18,23-24,44H,8-9,11-12,14,16H2,1-3H3,(H,38,42). The summed E-state index contributed by atoms with van der Waals surface area (Å²) in [5.74, 6) is -4.83. The van der Waals surface area contributed by atoms with Crippen LogP contribution in [-0.2, 0) is 9.59 Å². The molecule has 248 valence electrons. The molecule has 45 heavy (non-hydrogen) atoms. The van der Waals surface area contributed by atoms with Gasteiger partial charge in [0.15, 0.2) is 6.19 Å². The molecule has 0 bridgehead atoms. The van der Waals surface area contributed by atoms with Crippen LogP contribution in [0.4, 0.5) is 39.6 Å². The van der Waals surface area contributed by atoms with E-state index in [0.717, 1.165) is 9.80 Å². The van der Waals surface area contributed by atoms with Crippen LogP contribution in [-0.4, -0.2) is 71.1 Å². The van der Waals surface area contributed by atoms with E-state index >= 15 is 0 Å². The maximum atomic E-state index is 14.3. The molecular weight excluding hydrogens is 633 g/mol. The maximum Gasteiger partial charge on any atom is 0.310 e. The zero-order valence-corrected chi connectivity index (χ0v) is 25.4. The van der Waals surface area contributed by atoms with Crippen LogP contribution >= 0.6 is 10.2 Å². The second kappa shape index (κ2) is 10.9. The van der Waals surface area contributed by atoms with E-state index in [2.05, 4.69) is 10.3 Å². The Kier molecular flexibility index (Phi) is 8.29. The number of hydrogen-bond acceptors (Lipinski definition) is 7. The third-order valence-corrected chi connectivity index (χ3v) is 9.07. The molecule has 17 heteroatoms. The zero-order valence-electron chi connectivity index (χ0n) is 24.6. The number of likely N-dealkylation sites (tertiary alicyclic amines) is 1. The van der Waals surface area contributed by atoms with Crippen LogP contribution in [0.3, 0.4) is 0 Å². The Labute approximate surface area is 255 Å². The van der Waals surface area contributed by atoms with Gasteiger partial charge in [-0.05, 0) is 50.1 Å². The van der Waals surface area contributed by atoms with Crippen molar-refractivity contribution in [2.75, 3.05) is 30.4 Å². The number of hydrogen-bond donors (Lipinski definition) is 2. The zero-order chi connectivity index (χ0) is 33.7. The van der Waals surface area contributed by atoms with Crippen molar-refractivity contribution in [2.45, 2.75) is 73.6 Å². The van der Waals surface area contributed by atoms with Gasteiger partial charge in [0.25, 0.3) is 5.91 Å². The van der Waals surface area contributed by atoms with Crippen molar-refractivity contribution in [1.82, 2.24) is 15.2 Å². The van der Waals surface area contributed by atoms with Crippen LogP contribution in [0.25, 0.3) is 0 Å². The molecular formula is C28H33F7N6O3S. The largest absolute Gasteiger partial charge is 0.388 e. The smallest absolute Gasteiger partial charge is 0.310 e. The van der Waals surface area contributed by atoms with Crippen LogP contribution in [0.2, 0.25) is 0 Å². The summed E-state index contributed by atoms with van der Waals surface area (Å²) in [5, 5.41) is 23.1. The van der Waals surface area contributed by atoms with Gasteiger partial charge in [-0.25, -0.2) is 8.78 Å². The summed E-state index contributed by atoms with van der Waals surface area (Å²) in [5.41, 5.74) is -1.53. The molecule has 1 aliphatic heterocycles. The average Bonchev–Trinajstić information content (AvgIpc) is 3.25. The highest BCUT2D eigenvalue weighted by Crippen LogP contribution is 3.02. The van der Waals surface area contributed by atoms with Crippen LogP contribution in [0.1, 0.15) is 50.6 Å². The van der Waals surface area contributed by atoms with Crippen LogP contribution in [0.5, 0.6) is 0 Å². The van der Waals surface area contributed by atoms with E-state index in [1.54, 1.807) is 25.2 Å². The van der Waals surface area contributed by atoms with Gasteiger partial charge >= 0.3 is 10.2 Å². The highest BCUT2D eigenvalue weighted by molar-refractivity contribution is 8.45. The highest BCUT2D eigenvalue weighted by Gasteiger charge is 2.65. The van der Waals surface area contributed by atoms with E-state index in [-0.39, 0.29) is 43.5 Å². The molecule has 0 spiro atoms. The molecule has 2 heterocycles. The second-order valence-corrected chi connectivity index (χ2v) is 14.4. The first-order valence-electron chi connectivity index (χ1n) is 13.9. The molecule has 3 unspecified atom stereocenters. The van der Waals surface area contributed by atoms with Gasteiger partial charge < -0.3 is 15.3 Å². The van der Waals surface area contributed by atoms with Crippen molar-refractivity contribution in [2.24, 2.45) is 0 Å². The van der Waals surface area contributed by atoms with Gasteiger partial charge in [0.05, 0.1) is 12.1 Å². The lowest BCUT2D eigenvalue weighted by molar-refractivity contribution is -0.129. The lowest BCUT2D eigenvalue weighted by Gasteiger charge is -2.41. The lowest BCUT2D eigenvalue weighted by atomic mass is 9.91. The molecule has 3 atom stereocenters. The fourth-order valence-corrected chi connectivity index (χ4v) is 6.35. The molecule has 2 N–H and O–H groups in total. The molecule has 1 saturated carbocycles. The first kappa shape index (κ1) is 34.1. The number of amides is 2. The predicted octanol–water partition coefficient (Wildman–Crippen LogP) is 5.88. The quantitative estimate of drug-likeness (QED) is 0.267. The molecule has 2 amide bonds. The van der Waals surface area contributed by atoms with Crippen molar-refractivity contribution in [3.05, 3.63) is 48.3 Å². The third-order valence-electron chi connectivity index (χ3n) is 7.91. The first-order chi connectivity index (χ1) is 20.5. The number of benzene rings is 1. The molecule has 2 aromatic rings. The molecule has 2 aliphatic rings. The Bertz CT molecular complexity index is 1490. The van der Waals surface area contributed by atoms with Crippen LogP contribution < -0.4 is 15.1 Å². The first-order valence-corrected chi connectivity index (χ1v) is 15.8. The molecule has 4 rings (SSSR count). The van der Waals surface area contributed by atoms with Crippen LogP contribution in [0.15, 0.2) is 47.6 Å². The lowest BCUT2D eigenvalue weighted by Crippen LogP contribution is -2.52. The predicted molar refractivity (Wildman–Crippen MR) is 153 cm³/mol. The Morgan fingerprint density at radius 2 is 1.71 bits per heavy atom. The van der Waals surface area contributed by atoms with Gasteiger partial charge in [-0.2, -0.15) is 5.26 Å².